The van der Waals surface area contributed by atoms with Crippen molar-refractivity contribution in [1.29, 1.82) is 0 Å². The second-order valence-corrected chi connectivity index (χ2v) is 8.98. The van der Waals surface area contributed by atoms with Crippen molar-refractivity contribution in [2.24, 2.45) is 0 Å². The minimum absolute atomic E-state index is 0.0243. The lowest BCUT2D eigenvalue weighted by molar-refractivity contribution is -0.117. The van der Waals surface area contributed by atoms with Crippen LogP contribution in [0.3, 0.4) is 0 Å². The van der Waals surface area contributed by atoms with Crippen molar-refractivity contribution in [3.63, 3.8) is 0 Å². The Labute approximate surface area is 209 Å². The molecular formula is C27H18BrClN2O3. The number of para-hydroxylation sites is 1. The molecule has 0 aromatic heterocycles. The average molecular weight is 534 g/mol. The van der Waals surface area contributed by atoms with Crippen molar-refractivity contribution in [2.75, 3.05) is 5.01 Å². The molecule has 0 bridgehead atoms. The molecule has 7 heteroatoms. The standard InChI is InChI=1S/C27H18BrClN2O3/c28-23-14-17(13-22-26(32)30-31(27(22)33)20-10-2-1-3-11-20)15-24(29)25(23)34-16-19-9-6-8-18-7-4-5-12-21(18)19/h1-15H,16H2,(H,30,32)/b22-13-. The van der Waals surface area contributed by atoms with Crippen LogP contribution >= 0.6 is 27.5 Å². The first kappa shape index (κ1) is 22.2. The summed E-state index contributed by atoms with van der Waals surface area (Å²) in [6.07, 6.45) is 1.52. The van der Waals surface area contributed by atoms with E-state index in [1.54, 1.807) is 36.4 Å². The van der Waals surface area contributed by atoms with E-state index < -0.39 is 11.8 Å². The maximum atomic E-state index is 12.8. The summed E-state index contributed by atoms with van der Waals surface area (Å²) >= 11 is 10.0. The molecule has 0 aliphatic carbocycles. The van der Waals surface area contributed by atoms with Crippen molar-refractivity contribution in [3.8, 4) is 5.75 Å². The summed E-state index contributed by atoms with van der Waals surface area (Å²) in [5, 5.41) is 3.85. The Hall–Kier alpha value is -3.61. The topological polar surface area (TPSA) is 58.6 Å². The van der Waals surface area contributed by atoms with Gasteiger partial charge in [0.1, 0.15) is 12.2 Å². The smallest absolute Gasteiger partial charge is 0.282 e. The highest BCUT2D eigenvalue weighted by Gasteiger charge is 2.34. The quantitative estimate of drug-likeness (QED) is 0.242. The largest absolute Gasteiger partial charge is 0.486 e. The fourth-order valence-electron chi connectivity index (χ4n) is 3.85. The van der Waals surface area contributed by atoms with Crippen LogP contribution in [-0.4, -0.2) is 11.8 Å². The van der Waals surface area contributed by atoms with Crippen LogP contribution in [0, 0.1) is 0 Å². The molecule has 0 unspecified atom stereocenters. The lowest BCUT2D eigenvalue weighted by Crippen LogP contribution is -2.35. The van der Waals surface area contributed by atoms with Crippen molar-refractivity contribution in [3.05, 3.63) is 111 Å². The number of rotatable bonds is 5. The Morgan fingerprint density at radius 3 is 2.47 bits per heavy atom. The van der Waals surface area contributed by atoms with E-state index in [1.165, 1.54) is 11.1 Å². The van der Waals surface area contributed by atoms with Crippen LogP contribution in [0.1, 0.15) is 11.1 Å². The molecule has 0 radical (unpaired) electrons. The van der Waals surface area contributed by atoms with Gasteiger partial charge in [0.05, 0.1) is 15.2 Å². The van der Waals surface area contributed by atoms with E-state index in [9.17, 15) is 9.59 Å². The molecule has 0 spiro atoms. The second-order valence-electron chi connectivity index (χ2n) is 7.72. The molecule has 1 aliphatic heterocycles. The SMILES string of the molecule is O=C1NN(c2ccccc2)C(=O)/C1=C\c1cc(Cl)c(OCc2cccc3ccccc23)c(Br)c1. The highest BCUT2D eigenvalue weighted by molar-refractivity contribution is 9.10. The van der Waals surface area contributed by atoms with Gasteiger partial charge in [-0.05, 0) is 68.2 Å². The van der Waals surface area contributed by atoms with Crippen LogP contribution in [0.15, 0.2) is 95.0 Å². The number of benzene rings is 4. The van der Waals surface area contributed by atoms with Gasteiger partial charge in [-0.2, -0.15) is 0 Å². The Morgan fingerprint density at radius 1 is 0.941 bits per heavy atom. The number of fused-ring (bicyclic) bond motifs is 1. The lowest BCUT2D eigenvalue weighted by Gasteiger charge is -2.14. The number of anilines is 1. The third-order valence-electron chi connectivity index (χ3n) is 5.49. The molecule has 1 N–H and O–H groups in total. The monoisotopic (exact) mass is 532 g/mol. The van der Waals surface area contributed by atoms with Gasteiger partial charge in [-0.3, -0.25) is 15.0 Å². The molecule has 1 saturated heterocycles. The number of nitrogens with one attached hydrogen (secondary N) is 1. The summed E-state index contributed by atoms with van der Waals surface area (Å²) in [4.78, 5) is 25.3. The fraction of sp³-hybridized carbons (Fsp3) is 0.0370. The summed E-state index contributed by atoms with van der Waals surface area (Å²) in [6.45, 7) is 0.340. The molecule has 4 aromatic carbocycles. The van der Waals surface area contributed by atoms with Gasteiger partial charge in [0.15, 0.2) is 5.75 Å². The van der Waals surface area contributed by atoms with Crippen LogP contribution in [0.2, 0.25) is 5.02 Å². The van der Waals surface area contributed by atoms with Crippen molar-refractivity contribution < 1.29 is 14.3 Å². The van der Waals surface area contributed by atoms with E-state index in [1.807, 2.05) is 30.3 Å². The maximum Gasteiger partial charge on any atom is 0.282 e. The van der Waals surface area contributed by atoms with Crippen LogP contribution in [0.4, 0.5) is 5.69 Å². The van der Waals surface area contributed by atoms with Gasteiger partial charge in [0.2, 0.25) is 0 Å². The number of hydrogen-bond donors (Lipinski definition) is 1. The fourth-order valence-corrected chi connectivity index (χ4v) is 4.84. The number of carbonyl (C=O) groups excluding carboxylic acids is 2. The third kappa shape index (κ3) is 4.30. The first-order valence-electron chi connectivity index (χ1n) is 10.5. The zero-order valence-corrected chi connectivity index (χ0v) is 20.1. The Morgan fingerprint density at radius 2 is 1.68 bits per heavy atom. The molecule has 2 amide bonds. The van der Waals surface area contributed by atoms with Gasteiger partial charge in [0, 0.05) is 0 Å². The van der Waals surface area contributed by atoms with Crippen molar-refractivity contribution in [1.82, 2.24) is 5.43 Å². The highest BCUT2D eigenvalue weighted by atomic mass is 79.9. The minimum Gasteiger partial charge on any atom is -0.486 e. The number of halogens is 2. The van der Waals surface area contributed by atoms with Gasteiger partial charge in [-0.25, -0.2) is 5.01 Å². The van der Waals surface area contributed by atoms with Gasteiger partial charge in [-0.1, -0.05) is 72.3 Å². The normalized spacial score (nSPS) is 14.6. The molecule has 4 aromatic rings. The van der Waals surface area contributed by atoms with Crippen LogP contribution < -0.4 is 15.2 Å². The van der Waals surface area contributed by atoms with E-state index in [0.29, 0.717) is 33.1 Å². The van der Waals surface area contributed by atoms with E-state index in [0.717, 1.165) is 16.3 Å². The first-order valence-corrected chi connectivity index (χ1v) is 11.7. The molecular weight excluding hydrogens is 516 g/mol. The van der Waals surface area contributed by atoms with Crippen molar-refractivity contribution in [2.45, 2.75) is 6.61 Å². The zero-order valence-electron chi connectivity index (χ0n) is 17.8. The van der Waals surface area contributed by atoms with Gasteiger partial charge in [0.25, 0.3) is 11.8 Å². The van der Waals surface area contributed by atoms with E-state index in [-0.39, 0.29) is 5.57 Å². The molecule has 1 aliphatic rings. The molecule has 1 heterocycles. The molecule has 0 saturated carbocycles. The van der Waals surface area contributed by atoms with Gasteiger partial charge in [-0.15, -0.1) is 0 Å². The average Bonchev–Trinajstić information content (AvgIpc) is 3.12. The predicted molar refractivity (Wildman–Crippen MR) is 137 cm³/mol. The van der Waals surface area contributed by atoms with E-state index >= 15 is 0 Å². The third-order valence-corrected chi connectivity index (χ3v) is 6.36. The number of hydrazine groups is 1. The van der Waals surface area contributed by atoms with Gasteiger partial charge < -0.3 is 4.74 Å². The number of carbonyl (C=O) groups is 2. The van der Waals surface area contributed by atoms with E-state index in [2.05, 4.69) is 39.6 Å². The van der Waals surface area contributed by atoms with E-state index in [4.69, 9.17) is 16.3 Å². The molecule has 5 nitrogen and oxygen atoms in total. The number of nitrogens with zero attached hydrogens (tertiary/aromatic N) is 1. The summed E-state index contributed by atoms with van der Waals surface area (Å²) in [7, 11) is 0. The Balaban J connectivity index is 1.38. The lowest BCUT2D eigenvalue weighted by atomic mass is 10.1. The van der Waals surface area contributed by atoms with Crippen LogP contribution in [0.5, 0.6) is 5.75 Å². The molecule has 1 fully saturated rings. The predicted octanol–water partition coefficient (Wildman–Crippen LogP) is 6.30. The van der Waals surface area contributed by atoms with Gasteiger partial charge >= 0.3 is 0 Å². The first-order chi connectivity index (χ1) is 16.5. The Bertz CT molecular complexity index is 1420. The number of amides is 2. The maximum absolute atomic E-state index is 12.8. The molecule has 0 atom stereocenters. The molecule has 168 valence electrons. The highest BCUT2D eigenvalue weighted by Crippen LogP contribution is 2.36. The summed E-state index contributed by atoms with van der Waals surface area (Å²) < 4.78 is 6.67. The summed E-state index contributed by atoms with van der Waals surface area (Å²) in [6, 6.07) is 26.6. The zero-order chi connectivity index (χ0) is 23.7. The molecule has 34 heavy (non-hydrogen) atoms. The van der Waals surface area contributed by atoms with Crippen molar-refractivity contribution >= 4 is 61.9 Å². The summed E-state index contributed by atoms with van der Waals surface area (Å²) in [5.74, 6) is -0.415. The Kier molecular flexibility index (Phi) is 6.09. The summed E-state index contributed by atoms with van der Waals surface area (Å²) in [5.41, 5.74) is 4.84. The second kappa shape index (κ2) is 9.33. The minimum atomic E-state index is -0.475. The van der Waals surface area contributed by atoms with Crippen LogP contribution in [-0.2, 0) is 16.2 Å². The van der Waals surface area contributed by atoms with Crippen LogP contribution in [0.25, 0.3) is 16.8 Å². The molecule has 5 rings (SSSR count). The number of ether oxygens (including phenoxy) is 1. The number of hydrogen-bond acceptors (Lipinski definition) is 3.